The number of rotatable bonds is 4. The Balaban J connectivity index is 2.04. The number of hydrogen-bond acceptors (Lipinski definition) is 4. The first-order valence-corrected chi connectivity index (χ1v) is 5.76. The van der Waals surface area contributed by atoms with Crippen LogP contribution in [0.1, 0.15) is 22.2 Å². The largest absolute Gasteiger partial charge is 0.472 e. The number of hydrogen-bond donors (Lipinski definition) is 0. The SMILES string of the molecule is CC(=O)c1ccnc(OCc2cccs2)c1. The fourth-order valence-electron chi connectivity index (χ4n) is 1.25. The molecule has 0 unspecified atom stereocenters. The molecule has 0 radical (unpaired) electrons. The third-order valence-electron chi connectivity index (χ3n) is 2.08. The second kappa shape index (κ2) is 4.90. The second-order valence-electron chi connectivity index (χ2n) is 3.31. The van der Waals surface area contributed by atoms with Gasteiger partial charge in [0.25, 0.3) is 0 Å². The van der Waals surface area contributed by atoms with Crippen molar-refractivity contribution in [1.82, 2.24) is 4.98 Å². The number of ether oxygens (including phenoxy) is 1. The molecule has 0 amide bonds. The molecule has 0 fully saturated rings. The van der Waals surface area contributed by atoms with E-state index in [0.29, 0.717) is 18.1 Å². The molecule has 2 aromatic heterocycles. The van der Waals surface area contributed by atoms with Crippen molar-refractivity contribution in [2.75, 3.05) is 0 Å². The van der Waals surface area contributed by atoms with Crippen LogP contribution in [0.4, 0.5) is 0 Å². The molecule has 0 saturated carbocycles. The lowest BCUT2D eigenvalue weighted by Gasteiger charge is -2.04. The highest BCUT2D eigenvalue weighted by atomic mass is 32.1. The van der Waals surface area contributed by atoms with Crippen LogP contribution in [0.5, 0.6) is 5.88 Å². The number of carbonyl (C=O) groups is 1. The van der Waals surface area contributed by atoms with Gasteiger partial charge in [0.2, 0.25) is 5.88 Å². The molecular weight excluding hydrogens is 222 g/mol. The molecule has 0 bridgehead atoms. The molecule has 0 aliphatic heterocycles. The van der Waals surface area contributed by atoms with Crippen molar-refractivity contribution in [3.63, 3.8) is 0 Å². The lowest BCUT2D eigenvalue weighted by Crippen LogP contribution is -1.98. The van der Waals surface area contributed by atoms with Gasteiger partial charge < -0.3 is 4.74 Å². The highest BCUT2D eigenvalue weighted by molar-refractivity contribution is 7.09. The van der Waals surface area contributed by atoms with Gasteiger partial charge in [-0.15, -0.1) is 11.3 Å². The van der Waals surface area contributed by atoms with E-state index < -0.39 is 0 Å². The van der Waals surface area contributed by atoms with E-state index in [9.17, 15) is 4.79 Å². The summed E-state index contributed by atoms with van der Waals surface area (Å²) in [6.45, 7) is 2.02. The van der Waals surface area contributed by atoms with Gasteiger partial charge in [0.1, 0.15) is 6.61 Å². The minimum absolute atomic E-state index is 0.0170. The molecule has 16 heavy (non-hydrogen) atoms. The molecule has 2 rings (SSSR count). The van der Waals surface area contributed by atoms with Gasteiger partial charge in [0, 0.05) is 22.7 Å². The predicted octanol–water partition coefficient (Wildman–Crippen LogP) is 2.92. The Bertz CT molecular complexity index is 480. The smallest absolute Gasteiger partial charge is 0.214 e. The summed E-state index contributed by atoms with van der Waals surface area (Å²) in [5, 5.41) is 2.00. The summed E-state index contributed by atoms with van der Waals surface area (Å²) in [6.07, 6.45) is 1.58. The van der Waals surface area contributed by atoms with E-state index in [1.54, 1.807) is 29.7 Å². The maximum absolute atomic E-state index is 11.1. The maximum Gasteiger partial charge on any atom is 0.214 e. The summed E-state index contributed by atoms with van der Waals surface area (Å²) < 4.78 is 5.49. The summed E-state index contributed by atoms with van der Waals surface area (Å²) in [4.78, 5) is 16.3. The Morgan fingerprint density at radius 3 is 3.06 bits per heavy atom. The van der Waals surface area contributed by atoms with Gasteiger partial charge in [0.05, 0.1) is 0 Å². The fourth-order valence-corrected chi connectivity index (χ4v) is 1.86. The first-order chi connectivity index (χ1) is 7.75. The summed E-state index contributed by atoms with van der Waals surface area (Å²) in [5.41, 5.74) is 0.621. The van der Waals surface area contributed by atoms with E-state index in [-0.39, 0.29) is 5.78 Å². The van der Waals surface area contributed by atoms with Gasteiger partial charge in [0.15, 0.2) is 5.78 Å². The van der Waals surface area contributed by atoms with Crippen molar-refractivity contribution in [1.29, 1.82) is 0 Å². The Morgan fingerprint density at radius 1 is 1.50 bits per heavy atom. The molecule has 0 spiro atoms. The third kappa shape index (κ3) is 2.67. The normalized spacial score (nSPS) is 10.1. The molecule has 0 aromatic carbocycles. The first kappa shape index (κ1) is 10.8. The average Bonchev–Trinajstić information content (AvgIpc) is 2.79. The zero-order valence-corrected chi connectivity index (χ0v) is 9.66. The van der Waals surface area contributed by atoms with E-state index in [0.717, 1.165) is 4.88 Å². The van der Waals surface area contributed by atoms with Gasteiger partial charge in [-0.3, -0.25) is 4.79 Å². The minimum Gasteiger partial charge on any atom is -0.472 e. The van der Waals surface area contributed by atoms with Gasteiger partial charge in [-0.25, -0.2) is 4.98 Å². The molecule has 82 valence electrons. The van der Waals surface area contributed by atoms with Crippen molar-refractivity contribution in [2.45, 2.75) is 13.5 Å². The lowest BCUT2D eigenvalue weighted by molar-refractivity contribution is 0.101. The van der Waals surface area contributed by atoms with Crippen LogP contribution in [0, 0.1) is 0 Å². The Hall–Kier alpha value is -1.68. The topological polar surface area (TPSA) is 39.2 Å². The second-order valence-corrected chi connectivity index (χ2v) is 4.34. The summed E-state index contributed by atoms with van der Waals surface area (Å²) in [5.74, 6) is 0.504. The fraction of sp³-hybridized carbons (Fsp3) is 0.167. The molecule has 0 aliphatic carbocycles. The van der Waals surface area contributed by atoms with Crippen molar-refractivity contribution in [2.24, 2.45) is 0 Å². The molecule has 0 N–H and O–H groups in total. The van der Waals surface area contributed by atoms with Crippen LogP contribution in [0.2, 0.25) is 0 Å². The Labute approximate surface area is 97.7 Å². The van der Waals surface area contributed by atoms with Crippen LogP contribution in [0.25, 0.3) is 0 Å². The molecule has 3 nitrogen and oxygen atoms in total. The number of pyridine rings is 1. The van der Waals surface area contributed by atoms with Crippen LogP contribution in [0.3, 0.4) is 0 Å². The number of nitrogens with zero attached hydrogens (tertiary/aromatic N) is 1. The Morgan fingerprint density at radius 2 is 2.38 bits per heavy atom. The zero-order valence-electron chi connectivity index (χ0n) is 8.84. The van der Waals surface area contributed by atoms with Crippen LogP contribution in [-0.4, -0.2) is 10.8 Å². The van der Waals surface area contributed by atoms with Gasteiger partial charge >= 0.3 is 0 Å². The van der Waals surface area contributed by atoms with E-state index in [4.69, 9.17) is 4.74 Å². The third-order valence-corrected chi connectivity index (χ3v) is 2.93. The standard InChI is InChI=1S/C12H11NO2S/c1-9(14)10-4-5-13-12(7-10)15-8-11-3-2-6-16-11/h2-7H,8H2,1H3. The Kier molecular flexibility index (Phi) is 3.31. The number of aromatic nitrogens is 1. The maximum atomic E-state index is 11.1. The van der Waals surface area contributed by atoms with E-state index in [2.05, 4.69) is 4.98 Å². The monoisotopic (exact) mass is 233 g/mol. The van der Waals surface area contributed by atoms with Crippen LogP contribution >= 0.6 is 11.3 Å². The minimum atomic E-state index is 0.0170. The van der Waals surface area contributed by atoms with Crippen molar-refractivity contribution in [3.8, 4) is 5.88 Å². The highest BCUT2D eigenvalue weighted by Crippen LogP contribution is 2.14. The average molecular weight is 233 g/mol. The molecule has 4 heteroatoms. The molecule has 2 aromatic rings. The summed E-state index contributed by atoms with van der Waals surface area (Å²) >= 11 is 1.63. The predicted molar refractivity (Wildman–Crippen MR) is 62.9 cm³/mol. The highest BCUT2D eigenvalue weighted by Gasteiger charge is 2.02. The first-order valence-electron chi connectivity index (χ1n) is 4.88. The van der Waals surface area contributed by atoms with Gasteiger partial charge in [-0.1, -0.05) is 6.07 Å². The molecule has 0 saturated heterocycles. The van der Waals surface area contributed by atoms with E-state index >= 15 is 0 Å². The quantitative estimate of drug-likeness (QED) is 0.762. The molecule has 2 heterocycles. The number of thiophene rings is 1. The molecular formula is C12H11NO2S. The van der Waals surface area contributed by atoms with Crippen LogP contribution in [0.15, 0.2) is 35.8 Å². The van der Waals surface area contributed by atoms with Crippen molar-refractivity contribution in [3.05, 3.63) is 46.3 Å². The van der Waals surface area contributed by atoms with E-state index in [1.807, 2.05) is 17.5 Å². The zero-order chi connectivity index (χ0) is 11.4. The molecule has 0 aliphatic rings. The number of ketones is 1. The van der Waals surface area contributed by atoms with Crippen LogP contribution in [-0.2, 0) is 6.61 Å². The number of Topliss-reactive ketones (excluding diaryl/α,β-unsaturated/α-hetero) is 1. The van der Waals surface area contributed by atoms with Crippen molar-refractivity contribution >= 4 is 17.1 Å². The van der Waals surface area contributed by atoms with Crippen LogP contribution < -0.4 is 4.74 Å². The van der Waals surface area contributed by atoms with E-state index in [1.165, 1.54) is 6.92 Å². The summed E-state index contributed by atoms with van der Waals surface area (Å²) in [7, 11) is 0. The van der Waals surface area contributed by atoms with Crippen molar-refractivity contribution < 1.29 is 9.53 Å². The number of carbonyl (C=O) groups excluding carboxylic acids is 1. The lowest BCUT2D eigenvalue weighted by atomic mass is 10.2. The summed E-state index contributed by atoms with van der Waals surface area (Å²) in [6, 6.07) is 7.32. The molecule has 0 atom stereocenters. The van der Waals surface area contributed by atoms with Gasteiger partial charge in [-0.05, 0) is 24.4 Å². The van der Waals surface area contributed by atoms with Gasteiger partial charge in [-0.2, -0.15) is 0 Å².